The van der Waals surface area contributed by atoms with Crippen molar-refractivity contribution in [2.24, 2.45) is 5.84 Å². The van der Waals surface area contributed by atoms with Crippen LogP contribution in [-0.2, 0) is 6.42 Å². The summed E-state index contributed by atoms with van der Waals surface area (Å²) < 4.78 is 28.7. The van der Waals surface area contributed by atoms with Crippen molar-refractivity contribution in [3.05, 3.63) is 62.3 Å². The van der Waals surface area contributed by atoms with E-state index in [4.69, 9.17) is 5.84 Å². The van der Waals surface area contributed by atoms with Crippen molar-refractivity contribution in [1.82, 2.24) is 10.4 Å². The van der Waals surface area contributed by atoms with Crippen LogP contribution < -0.4 is 11.3 Å². The van der Waals surface area contributed by atoms with Crippen LogP contribution in [0.2, 0.25) is 0 Å². The molecule has 0 spiro atoms. The molecule has 0 aliphatic carbocycles. The van der Waals surface area contributed by atoms with Crippen LogP contribution >= 0.6 is 31.9 Å². The van der Waals surface area contributed by atoms with Gasteiger partial charge in [0.25, 0.3) is 0 Å². The molecule has 0 amide bonds. The van der Waals surface area contributed by atoms with Crippen LogP contribution in [0.1, 0.15) is 17.3 Å². The first-order chi connectivity index (χ1) is 9.52. The van der Waals surface area contributed by atoms with E-state index in [0.29, 0.717) is 5.69 Å². The minimum absolute atomic E-state index is 0.0351. The van der Waals surface area contributed by atoms with Gasteiger partial charge in [0, 0.05) is 22.7 Å². The number of hydrogen-bond donors (Lipinski definition) is 2. The third kappa shape index (κ3) is 3.41. The van der Waals surface area contributed by atoms with Gasteiger partial charge in [-0.15, -0.1) is 0 Å². The van der Waals surface area contributed by atoms with Gasteiger partial charge < -0.3 is 0 Å². The monoisotopic (exact) mass is 405 g/mol. The molecule has 1 aromatic heterocycles. The van der Waals surface area contributed by atoms with Crippen LogP contribution in [0.5, 0.6) is 0 Å². The number of nitrogens with one attached hydrogen (secondary N) is 1. The van der Waals surface area contributed by atoms with Gasteiger partial charge in [-0.25, -0.2) is 8.78 Å². The summed E-state index contributed by atoms with van der Waals surface area (Å²) in [6, 6.07) is 5.59. The third-order valence-corrected chi connectivity index (χ3v) is 3.94. The van der Waals surface area contributed by atoms with Gasteiger partial charge in [-0.1, -0.05) is 0 Å². The van der Waals surface area contributed by atoms with Gasteiger partial charge in [-0.3, -0.25) is 16.3 Å². The lowest BCUT2D eigenvalue weighted by Crippen LogP contribution is -2.30. The quantitative estimate of drug-likeness (QED) is 0.463. The molecular formula is C13H11Br2F2N3. The molecule has 106 valence electrons. The lowest BCUT2D eigenvalue weighted by atomic mass is 10.0. The summed E-state index contributed by atoms with van der Waals surface area (Å²) >= 11 is 6.32. The van der Waals surface area contributed by atoms with Crippen molar-refractivity contribution in [3.63, 3.8) is 0 Å². The summed E-state index contributed by atoms with van der Waals surface area (Å²) in [7, 11) is 0. The van der Waals surface area contributed by atoms with Crippen LogP contribution in [0.25, 0.3) is 0 Å². The van der Waals surface area contributed by atoms with E-state index in [9.17, 15) is 8.78 Å². The number of nitrogens with two attached hydrogens (primary N) is 1. The number of halogens is 4. The third-order valence-electron chi connectivity index (χ3n) is 2.86. The van der Waals surface area contributed by atoms with E-state index in [0.717, 1.165) is 4.47 Å². The van der Waals surface area contributed by atoms with Gasteiger partial charge in [-0.2, -0.15) is 0 Å². The van der Waals surface area contributed by atoms with Crippen molar-refractivity contribution in [1.29, 1.82) is 0 Å². The molecule has 20 heavy (non-hydrogen) atoms. The Morgan fingerprint density at radius 1 is 1.20 bits per heavy atom. The van der Waals surface area contributed by atoms with E-state index in [1.165, 1.54) is 12.1 Å². The zero-order chi connectivity index (χ0) is 14.7. The van der Waals surface area contributed by atoms with E-state index in [1.54, 1.807) is 18.3 Å². The maximum absolute atomic E-state index is 14.0. The van der Waals surface area contributed by atoms with Crippen molar-refractivity contribution in [2.45, 2.75) is 12.5 Å². The second kappa shape index (κ2) is 6.71. The Balaban J connectivity index is 2.31. The molecule has 0 saturated heterocycles. The molecule has 3 N–H and O–H groups in total. The highest BCUT2D eigenvalue weighted by Gasteiger charge is 2.19. The highest BCUT2D eigenvalue weighted by atomic mass is 79.9. The Kier molecular flexibility index (Phi) is 5.20. The fraction of sp³-hybridized carbons (Fsp3) is 0.154. The average Bonchev–Trinajstić information content (AvgIpc) is 2.45. The fourth-order valence-corrected chi connectivity index (χ4v) is 2.41. The molecule has 0 fully saturated rings. The molecule has 2 aromatic rings. The van der Waals surface area contributed by atoms with Crippen LogP contribution in [0, 0.1) is 11.6 Å². The zero-order valence-corrected chi connectivity index (χ0v) is 13.4. The number of benzene rings is 1. The van der Waals surface area contributed by atoms with E-state index >= 15 is 0 Å². The number of pyridine rings is 1. The van der Waals surface area contributed by atoms with Gasteiger partial charge in [-0.05, 0) is 56.1 Å². The number of hydrazine groups is 1. The van der Waals surface area contributed by atoms with E-state index < -0.39 is 17.7 Å². The number of rotatable bonds is 4. The molecule has 0 radical (unpaired) electrons. The van der Waals surface area contributed by atoms with Gasteiger partial charge in [0.1, 0.15) is 11.6 Å². The maximum atomic E-state index is 14.0. The largest absolute Gasteiger partial charge is 0.271 e. The fourth-order valence-electron chi connectivity index (χ4n) is 1.80. The summed E-state index contributed by atoms with van der Waals surface area (Å²) in [6.45, 7) is 0. The number of aromatic nitrogens is 1. The molecule has 1 heterocycles. The minimum Gasteiger partial charge on any atom is -0.271 e. The number of hydrogen-bond acceptors (Lipinski definition) is 3. The average molecular weight is 407 g/mol. The number of nitrogens with zero attached hydrogens (tertiary/aromatic N) is 1. The molecule has 0 bridgehead atoms. The summed E-state index contributed by atoms with van der Waals surface area (Å²) in [4.78, 5) is 4.18. The van der Waals surface area contributed by atoms with Crippen LogP contribution in [-0.4, -0.2) is 4.98 Å². The van der Waals surface area contributed by atoms with Crippen molar-refractivity contribution in [2.75, 3.05) is 0 Å². The van der Waals surface area contributed by atoms with Gasteiger partial charge in [0.05, 0.1) is 16.2 Å². The molecular weight excluding hydrogens is 396 g/mol. The summed E-state index contributed by atoms with van der Waals surface area (Å²) in [5.41, 5.74) is 3.10. The molecule has 1 unspecified atom stereocenters. The van der Waals surface area contributed by atoms with Crippen LogP contribution in [0.4, 0.5) is 8.78 Å². The molecule has 1 atom stereocenters. The maximum Gasteiger partial charge on any atom is 0.143 e. The molecule has 1 aromatic carbocycles. The van der Waals surface area contributed by atoms with E-state index in [2.05, 4.69) is 42.3 Å². The van der Waals surface area contributed by atoms with E-state index in [-0.39, 0.29) is 16.5 Å². The molecule has 2 rings (SSSR count). The molecule has 0 saturated carbocycles. The second-order valence-electron chi connectivity index (χ2n) is 4.15. The van der Waals surface area contributed by atoms with Crippen LogP contribution in [0.3, 0.4) is 0 Å². The van der Waals surface area contributed by atoms with Gasteiger partial charge >= 0.3 is 0 Å². The normalized spacial score (nSPS) is 12.4. The van der Waals surface area contributed by atoms with Crippen molar-refractivity contribution >= 4 is 31.9 Å². The minimum atomic E-state index is -0.623. The lowest BCUT2D eigenvalue weighted by Gasteiger charge is -2.16. The summed E-state index contributed by atoms with van der Waals surface area (Å²) in [6.07, 6.45) is 1.66. The molecule has 0 aliphatic rings. The predicted octanol–water partition coefficient (Wildman–Crippen LogP) is 3.63. The summed E-state index contributed by atoms with van der Waals surface area (Å²) in [5, 5.41) is 0. The predicted molar refractivity (Wildman–Crippen MR) is 79.8 cm³/mol. The Morgan fingerprint density at radius 2 is 1.95 bits per heavy atom. The first-order valence-electron chi connectivity index (χ1n) is 5.73. The Hall–Kier alpha value is -0.890. The van der Waals surface area contributed by atoms with E-state index in [1.807, 2.05) is 0 Å². The standard InChI is InChI=1S/C13H11Br2F2N3/c14-7-1-4-11(19-6-7)12(20-18)5-8-10(16)3-2-9(15)13(8)17/h1-4,6,12,20H,5,18H2. The Morgan fingerprint density at radius 3 is 2.55 bits per heavy atom. The SMILES string of the molecule is NNC(Cc1c(F)ccc(Br)c1F)c1ccc(Br)cn1. The van der Waals surface area contributed by atoms with Crippen LogP contribution in [0.15, 0.2) is 39.4 Å². The smallest absolute Gasteiger partial charge is 0.143 e. The zero-order valence-electron chi connectivity index (χ0n) is 10.2. The second-order valence-corrected chi connectivity index (χ2v) is 5.92. The lowest BCUT2D eigenvalue weighted by molar-refractivity contribution is 0.491. The van der Waals surface area contributed by atoms with Gasteiger partial charge in [0.15, 0.2) is 0 Å². The highest BCUT2D eigenvalue weighted by Crippen LogP contribution is 2.26. The first-order valence-corrected chi connectivity index (χ1v) is 7.31. The molecule has 0 aliphatic heterocycles. The first kappa shape index (κ1) is 15.5. The van der Waals surface area contributed by atoms with Crippen molar-refractivity contribution in [3.8, 4) is 0 Å². The Bertz CT molecular complexity index is 605. The molecule has 7 heteroatoms. The van der Waals surface area contributed by atoms with Crippen molar-refractivity contribution < 1.29 is 8.78 Å². The highest BCUT2D eigenvalue weighted by molar-refractivity contribution is 9.10. The summed E-state index contributed by atoms with van der Waals surface area (Å²) in [5.74, 6) is 4.24. The Labute approximate surface area is 131 Å². The van der Waals surface area contributed by atoms with Gasteiger partial charge in [0.2, 0.25) is 0 Å². The topological polar surface area (TPSA) is 50.9 Å². The molecule has 3 nitrogen and oxygen atoms in total.